The minimum atomic E-state index is -0.805. The van der Waals surface area contributed by atoms with Gasteiger partial charge in [-0.1, -0.05) is 30.4 Å². The minimum absolute atomic E-state index is 0.0209. The average molecular weight is 262 g/mol. The molecule has 0 aromatic heterocycles. The number of carbonyl (C=O) groups is 1. The third kappa shape index (κ3) is 1.90. The third-order valence-electron chi connectivity index (χ3n) is 3.58. The third-order valence-corrected chi connectivity index (χ3v) is 4.09. The first-order valence-electron chi connectivity index (χ1n) is 6.07. The van der Waals surface area contributed by atoms with E-state index in [9.17, 15) is 4.79 Å². The highest BCUT2D eigenvalue weighted by atomic mass is 32.1. The quantitative estimate of drug-likeness (QED) is 0.832. The van der Waals surface area contributed by atoms with Crippen LogP contribution >= 0.6 is 12.2 Å². The molecule has 1 aromatic carbocycles. The molecule has 0 fully saturated rings. The molecule has 96 valence electrons. The Morgan fingerprint density at radius 1 is 1.44 bits per heavy atom. The first-order chi connectivity index (χ1) is 8.35. The van der Waals surface area contributed by atoms with Crippen LogP contribution in [-0.2, 0) is 11.2 Å². The summed E-state index contributed by atoms with van der Waals surface area (Å²) in [6.07, 6.45) is 0.884. The summed E-state index contributed by atoms with van der Waals surface area (Å²) < 4.78 is 0. The molecule has 0 bridgehead atoms. The maximum atomic E-state index is 12.6. The normalized spacial score (nSPS) is 18.6. The summed E-state index contributed by atoms with van der Waals surface area (Å²) in [5.74, 6) is -0.0209. The molecule has 1 aliphatic heterocycles. The van der Waals surface area contributed by atoms with Crippen molar-refractivity contribution in [3.8, 4) is 0 Å². The minimum Gasteiger partial charge on any atom is -0.392 e. The number of benzene rings is 1. The van der Waals surface area contributed by atoms with Crippen LogP contribution in [0.5, 0.6) is 0 Å². The summed E-state index contributed by atoms with van der Waals surface area (Å²) in [5, 5.41) is 0. The Morgan fingerprint density at radius 3 is 2.67 bits per heavy atom. The second-order valence-corrected chi connectivity index (χ2v) is 5.79. The van der Waals surface area contributed by atoms with Gasteiger partial charge in [0.15, 0.2) is 0 Å². The van der Waals surface area contributed by atoms with Crippen LogP contribution in [0, 0.1) is 5.41 Å². The largest absolute Gasteiger partial charge is 0.392 e. The van der Waals surface area contributed by atoms with Crippen molar-refractivity contribution in [2.75, 3.05) is 4.90 Å². The van der Waals surface area contributed by atoms with E-state index in [1.165, 1.54) is 5.56 Å². The number of nitrogens with two attached hydrogens (primary N) is 1. The van der Waals surface area contributed by atoms with E-state index < -0.39 is 5.41 Å². The highest BCUT2D eigenvalue weighted by Crippen LogP contribution is 2.35. The Bertz CT molecular complexity index is 510. The van der Waals surface area contributed by atoms with Crippen molar-refractivity contribution in [3.05, 3.63) is 29.8 Å². The number of fused-ring (bicyclic) bond motifs is 1. The van der Waals surface area contributed by atoms with Gasteiger partial charge in [-0.05, 0) is 38.8 Å². The monoisotopic (exact) mass is 262 g/mol. The molecule has 1 unspecified atom stereocenters. The van der Waals surface area contributed by atoms with Crippen LogP contribution < -0.4 is 10.6 Å². The molecule has 2 N–H and O–H groups in total. The van der Waals surface area contributed by atoms with Gasteiger partial charge in [0.1, 0.15) is 0 Å². The molecule has 0 radical (unpaired) electrons. The van der Waals surface area contributed by atoms with Gasteiger partial charge in [-0.15, -0.1) is 0 Å². The second-order valence-electron chi connectivity index (χ2n) is 5.35. The lowest BCUT2D eigenvalue weighted by atomic mass is 9.91. The van der Waals surface area contributed by atoms with Crippen LogP contribution in [0.25, 0.3) is 0 Å². The second kappa shape index (κ2) is 4.35. The SMILES string of the molecule is CC1Cc2ccccc2N1C(=O)C(C)(C)C(N)=S. The summed E-state index contributed by atoms with van der Waals surface area (Å²) >= 11 is 5.01. The summed E-state index contributed by atoms with van der Waals surface area (Å²) in [6, 6.07) is 8.14. The van der Waals surface area contributed by atoms with E-state index in [2.05, 4.69) is 6.07 Å². The molecule has 3 nitrogen and oxygen atoms in total. The highest BCUT2D eigenvalue weighted by molar-refractivity contribution is 7.80. The van der Waals surface area contributed by atoms with Gasteiger partial charge in [0.05, 0.1) is 10.4 Å². The molecule has 0 spiro atoms. The fraction of sp³-hybridized carbons (Fsp3) is 0.429. The van der Waals surface area contributed by atoms with Crippen molar-refractivity contribution >= 4 is 28.8 Å². The molecule has 2 rings (SSSR count). The highest BCUT2D eigenvalue weighted by Gasteiger charge is 2.40. The standard InChI is InChI=1S/C14H18N2OS/c1-9-8-10-6-4-5-7-11(10)16(9)13(17)14(2,3)12(15)18/h4-7,9H,8H2,1-3H3,(H2,15,18). The Kier molecular flexibility index (Phi) is 3.15. The number of thiocarbonyl (C=S) groups is 1. The van der Waals surface area contributed by atoms with E-state index in [1.54, 1.807) is 13.8 Å². The van der Waals surface area contributed by atoms with E-state index >= 15 is 0 Å². The predicted octanol–water partition coefficient (Wildman–Crippen LogP) is 2.28. The predicted molar refractivity (Wildman–Crippen MR) is 77.7 cm³/mol. The fourth-order valence-corrected chi connectivity index (χ4v) is 2.37. The Hall–Kier alpha value is -1.42. The smallest absolute Gasteiger partial charge is 0.239 e. The Balaban J connectivity index is 2.41. The van der Waals surface area contributed by atoms with Crippen molar-refractivity contribution in [1.82, 2.24) is 0 Å². The van der Waals surface area contributed by atoms with E-state index in [-0.39, 0.29) is 16.9 Å². The van der Waals surface area contributed by atoms with Gasteiger partial charge in [0, 0.05) is 11.7 Å². The van der Waals surface area contributed by atoms with Crippen LogP contribution in [0.15, 0.2) is 24.3 Å². The molecule has 1 heterocycles. The van der Waals surface area contributed by atoms with Crippen molar-refractivity contribution < 1.29 is 4.79 Å². The summed E-state index contributed by atoms with van der Waals surface area (Å²) in [6.45, 7) is 5.62. The van der Waals surface area contributed by atoms with Crippen LogP contribution in [0.1, 0.15) is 26.3 Å². The van der Waals surface area contributed by atoms with Gasteiger partial charge in [-0.2, -0.15) is 0 Å². The van der Waals surface area contributed by atoms with Gasteiger partial charge >= 0.3 is 0 Å². The van der Waals surface area contributed by atoms with Crippen LogP contribution in [-0.4, -0.2) is 16.9 Å². The summed E-state index contributed by atoms with van der Waals surface area (Å²) in [7, 11) is 0. The number of amides is 1. The molecule has 1 aromatic rings. The molecule has 18 heavy (non-hydrogen) atoms. The van der Waals surface area contributed by atoms with Crippen molar-refractivity contribution in [2.24, 2.45) is 11.1 Å². The summed E-state index contributed by atoms with van der Waals surface area (Å²) in [5.41, 5.74) is 7.07. The zero-order valence-corrected chi connectivity index (χ0v) is 11.8. The molecular formula is C14H18N2OS. The van der Waals surface area contributed by atoms with Gasteiger partial charge < -0.3 is 10.6 Å². The topological polar surface area (TPSA) is 46.3 Å². The number of para-hydroxylation sites is 1. The van der Waals surface area contributed by atoms with Crippen molar-refractivity contribution in [2.45, 2.75) is 33.2 Å². The number of anilines is 1. The Morgan fingerprint density at radius 2 is 2.06 bits per heavy atom. The number of hydrogen-bond acceptors (Lipinski definition) is 2. The molecule has 1 aliphatic rings. The lowest BCUT2D eigenvalue weighted by Crippen LogP contribution is -2.49. The molecule has 1 atom stereocenters. The van der Waals surface area contributed by atoms with E-state index in [1.807, 2.05) is 30.0 Å². The lowest BCUT2D eigenvalue weighted by Gasteiger charge is -2.31. The molecule has 4 heteroatoms. The van der Waals surface area contributed by atoms with E-state index in [0.29, 0.717) is 0 Å². The first-order valence-corrected chi connectivity index (χ1v) is 6.48. The first kappa shape index (κ1) is 13.0. The molecule has 0 aliphatic carbocycles. The van der Waals surface area contributed by atoms with Crippen LogP contribution in [0.2, 0.25) is 0 Å². The zero-order valence-electron chi connectivity index (χ0n) is 10.9. The molecular weight excluding hydrogens is 244 g/mol. The number of nitrogens with zero attached hydrogens (tertiary/aromatic N) is 1. The maximum absolute atomic E-state index is 12.6. The maximum Gasteiger partial charge on any atom is 0.239 e. The number of carbonyl (C=O) groups excluding carboxylic acids is 1. The molecule has 1 amide bonds. The van der Waals surface area contributed by atoms with Gasteiger partial charge in [-0.25, -0.2) is 0 Å². The number of rotatable bonds is 2. The average Bonchev–Trinajstić information content (AvgIpc) is 2.63. The lowest BCUT2D eigenvalue weighted by molar-refractivity contribution is -0.123. The van der Waals surface area contributed by atoms with Crippen LogP contribution in [0.4, 0.5) is 5.69 Å². The van der Waals surface area contributed by atoms with Gasteiger partial charge in [0.2, 0.25) is 5.91 Å². The van der Waals surface area contributed by atoms with Crippen molar-refractivity contribution in [1.29, 1.82) is 0 Å². The number of hydrogen-bond donors (Lipinski definition) is 1. The van der Waals surface area contributed by atoms with Gasteiger partial charge in [0.25, 0.3) is 0 Å². The van der Waals surface area contributed by atoms with Gasteiger partial charge in [-0.3, -0.25) is 4.79 Å². The molecule has 0 saturated heterocycles. The molecule has 0 saturated carbocycles. The Labute approximate surface area is 113 Å². The zero-order chi connectivity index (χ0) is 13.5. The van der Waals surface area contributed by atoms with E-state index in [0.717, 1.165) is 12.1 Å². The van der Waals surface area contributed by atoms with E-state index in [4.69, 9.17) is 18.0 Å². The van der Waals surface area contributed by atoms with Crippen molar-refractivity contribution in [3.63, 3.8) is 0 Å². The summed E-state index contributed by atoms with van der Waals surface area (Å²) in [4.78, 5) is 14.7. The van der Waals surface area contributed by atoms with Crippen LogP contribution in [0.3, 0.4) is 0 Å². The fourth-order valence-electron chi connectivity index (χ4n) is 2.28.